The molecule has 0 atom stereocenters. The lowest BCUT2D eigenvalue weighted by Gasteiger charge is -2.29. The molecule has 6 nitrogen and oxygen atoms in total. The van der Waals surface area contributed by atoms with Crippen LogP contribution in [0.4, 0.5) is 5.13 Å². The molecule has 1 aromatic heterocycles. The van der Waals surface area contributed by atoms with Gasteiger partial charge in [-0.3, -0.25) is 14.6 Å². The summed E-state index contributed by atoms with van der Waals surface area (Å²) in [4.78, 5) is 23.5. The number of fused-ring (bicyclic) bond motifs is 1. The molecule has 166 valence electrons. The Labute approximate surface area is 196 Å². The normalized spacial score (nSPS) is 14.3. The first kappa shape index (κ1) is 23.8. The van der Waals surface area contributed by atoms with Crippen LogP contribution in [0.2, 0.25) is 0 Å². The van der Waals surface area contributed by atoms with Gasteiger partial charge in [0.05, 0.1) is 30.5 Å². The van der Waals surface area contributed by atoms with Crippen molar-refractivity contribution in [2.45, 2.75) is 4.90 Å². The van der Waals surface area contributed by atoms with Gasteiger partial charge in [-0.05, 0) is 42.7 Å². The molecule has 0 N–H and O–H groups in total. The predicted octanol–water partition coefficient (Wildman–Crippen LogP) is 4.43. The fourth-order valence-corrected chi connectivity index (χ4v) is 4.76. The van der Waals surface area contributed by atoms with Gasteiger partial charge in [0, 0.05) is 42.7 Å². The second-order valence-corrected chi connectivity index (χ2v) is 8.86. The number of hydrogen-bond acceptors (Lipinski definition) is 7. The second-order valence-electron chi connectivity index (χ2n) is 6.97. The number of benzene rings is 2. The summed E-state index contributed by atoms with van der Waals surface area (Å²) in [5.41, 5.74) is 1.52. The highest BCUT2D eigenvalue weighted by Gasteiger charge is 2.23. The van der Waals surface area contributed by atoms with E-state index >= 15 is 0 Å². The maximum atomic E-state index is 13.4. The van der Waals surface area contributed by atoms with Gasteiger partial charge >= 0.3 is 0 Å². The van der Waals surface area contributed by atoms with Crippen molar-refractivity contribution in [3.8, 4) is 5.75 Å². The molecule has 1 saturated heterocycles. The van der Waals surface area contributed by atoms with Gasteiger partial charge < -0.3 is 9.47 Å². The largest absolute Gasteiger partial charge is 0.497 e. The van der Waals surface area contributed by atoms with E-state index in [1.807, 2.05) is 48.7 Å². The standard InChI is InChI=1S/C22H25N3O3S2.ClH/c1-27-17-5-8-20-19(15-17)23-22(30-20)25(10-9-24-11-13-28-14-12-24)21(26)16-3-6-18(29-2)7-4-16;/h3-8,15H,9-14H2,1-2H3;1H. The summed E-state index contributed by atoms with van der Waals surface area (Å²) in [5.74, 6) is 0.736. The molecular weight excluding hydrogens is 454 g/mol. The van der Waals surface area contributed by atoms with Gasteiger partial charge in [-0.1, -0.05) is 11.3 Å². The molecular formula is C22H26ClN3O3S2. The fraction of sp³-hybridized carbons (Fsp3) is 0.364. The number of rotatable bonds is 7. The molecule has 0 aliphatic carbocycles. The zero-order chi connectivity index (χ0) is 20.9. The Morgan fingerprint density at radius 3 is 2.65 bits per heavy atom. The molecule has 0 bridgehead atoms. The number of thiazole rings is 1. The molecule has 1 aliphatic heterocycles. The number of ether oxygens (including phenoxy) is 2. The van der Waals surface area contributed by atoms with E-state index in [0.717, 1.165) is 53.7 Å². The van der Waals surface area contributed by atoms with Crippen LogP contribution in [0.1, 0.15) is 10.4 Å². The van der Waals surface area contributed by atoms with E-state index in [4.69, 9.17) is 14.5 Å². The zero-order valence-electron chi connectivity index (χ0n) is 17.6. The Morgan fingerprint density at radius 2 is 1.97 bits per heavy atom. The van der Waals surface area contributed by atoms with Crippen molar-refractivity contribution in [3.05, 3.63) is 48.0 Å². The first-order valence-corrected chi connectivity index (χ1v) is 11.9. The van der Waals surface area contributed by atoms with Gasteiger partial charge in [0.2, 0.25) is 0 Å². The number of thioether (sulfide) groups is 1. The Bertz CT molecular complexity index is 1010. The second kappa shape index (κ2) is 11.2. The van der Waals surface area contributed by atoms with E-state index < -0.39 is 0 Å². The SMILES string of the molecule is COc1ccc2sc(N(CCN3CCOCC3)C(=O)c3ccc(SC)cc3)nc2c1.Cl. The summed E-state index contributed by atoms with van der Waals surface area (Å²) in [6.45, 7) is 4.64. The molecule has 4 rings (SSSR count). The monoisotopic (exact) mass is 479 g/mol. The molecule has 0 unspecified atom stereocenters. The molecule has 9 heteroatoms. The lowest BCUT2D eigenvalue weighted by molar-refractivity contribution is 0.0391. The summed E-state index contributed by atoms with van der Waals surface area (Å²) in [5, 5.41) is 0.713. The van der Waals surface area contributed by atoms with Crippen molar-refractivity contribution < 1.29 is 14.3 Å². The smallest absolute Gasteiger partial charge is 0.260 e. The number of nitrogens with zero attached hydrogens (tertiary/aromatic N) is 3. The summed E-state index contributed by atoms with van der Waals surface area (Å²) in [7, 11) is 1.64. The van der Waals surface area contributed by atoms with Gasteiger partial charge in [0.25, 0.3) is 5.91 Å². The Balaban J connectivity index is 0.00000272. The Hall–Kier alpha value is -1.84. The molecule has 3 aromatic rings. The number of halogens is 1. The van der Waals surface area contributed by atoms with Crippen molar-refractivity contribution in [3.63, 3.8) is 0 Å². The topological polar surface area (TPSA) is 54.9 Å². The van der Waals surface area contributed by atoms with Crippen LogP contribution in [0.15, 0.2) is 47.4 Å². The number of methoxy groups -OCH3 is 1. The van der Waals surface area contributed by atoms with Crippen molar-refractivity contribution >= 4 is 56.8 Å². The number of carbonyl (C=O) groups is 1. The van der Waals surface area contributed by atoms with Gasteiger partial charge in [-0.25, -0.2) is 4.98 Å². The lowest BCUT2D eigenvalue weighted by atomic mass is 10.2. The molecule has 2 heterocycles. The van der Waals surface area contributed by atoms with E-state index in [0.29, 0.717) is 17.2 Å². The third-order valence-corrected chi connectivity index (χ3v) is 6.94. The molecule has 2 aromatic carbocycles. The first-order valence-electron chi connectivity index (χ1n) is 9.88. The van der Waals surface area contributed by atoms with Crippen LogP contribution >= 0.6 is 35.5 Å². The van der Waals surface area contributed by atoms with Gasteiger partial charge in [-0.2, -0.15) is 0 Å². The van der Waals surface area contributed by atoms with Crippen molar-refractivity contribution in [1.29, 1.82) is 0 Å². The predicted molar refractivity (Wildman–Crippen MR) is 131 cm³/mol. The minimum Gasteiger partial charge on any atom is -0.497 e. The number of carbonyl (C=O) groups excluding carboxylic acids is 1. The van der Waals surface area contributed by atoms with Crippen molar-refractivity contribution in [2.24, 2.45) is 0 Å². The van der Waals surface area contributed by atoms with Gasteiger partial charge in [0.15, 0.2) is 5.13 Å². The van der Waals surface area contributed by atoms with Crippen LogP contribution < -0.4 is 9.64 Å². The summed E-state index contributed by atoms with van der Waals surface area (Å²) in [6, 6.07) is 13.6. The molecule has 1 amide bonds. The van der Waals surface area contributed by atoms with Gasteiger partial charge in [-0.15, -0.1) is 24.2 Å². The average Bonchev–Trinajstić information content (AvgIpc) is 3.22. The summed E-state index contributed by atoms with van der Waals surface area (Å²) in [6.07, 6.45) is 2.03. The van der Waals surface area contributed by atoms with Crippen LogP contribution in [0.25, 0.3) is 10.2 Å². The maximum Gasteiger partial charge on any atom is 0.260 e. The Morgan fingerprint density at radius 1 is 1.23 bits per heavy atom. The third kappa shape index (κ3) is 5.70. The number of hydrogen-bond donors (Lipinski definition) is 0. The minimum absolute atomic E-state index is 0. The van der Waals surface area contributed by atoms with E-state index in [9.17, 15) is 4.79 Å². The molecule has 31 heavy (non-hydrogen) atoms. The quantitative estimate of drug-likeness (QED) is 0.467. The average molecular weight is 480 g/mol. The summed E-state index contributed by atoms with van der Waals surface area (Å²) >= 11 is 3.20. The highest BCUT2D eigenvalue weighted by atomic mass is 35.5. The number of aromatic nitrogens is 1. The number of morpholine rings is 1. The first-order chi connectivity index (χ1) is 14.7. The van der Waals surface area contributed by atoms with Crippen LogP contribution in [-0.4, -0.2) is 68.5 Å². The van der Waals surface area contributed by atoms with Crippen LogP contribution in [-0.2, 0) is 4.74 Å². The molecule has 0 radical (unpaired) electrons. The fourth-order valence-electron chi connectivity index (χ4n) is 3.38. The molecule has 1 fully saturated rings. The Kier molecular flexibility index (Phi) is 8.57. The van der Waals surface area contributed by atoms with E-state index in [1.54, 1.807) is 23.8 Å². The highest BCUT2D eigenvalue weighted by molar-refractivity contribution is 7.98. The van der Waals surface area contributed by atoms with Crippen LogP contribution in [0.5, 0.6) is 5.75 Å². The van der Waals surface area contributed by atoms with Gasteiger partial charge in [0.1, 0.15) is 5.75 Å². The van der Waals surface area contributed by atoms with E-state index in [-0.39, 0.29) is 18.3 Å². The number of anilines is 1. The van der Waals surface area contributed by atoms with E-state index in [1.165, 1.54) is 11.3 Å². The van der Waals surface area contributed by atoms with Crippen molar-refractivity contribution in [1.82, 2.24) is 9.88 Å². The molecule has 0 spiro atoms. The van der Waals surface area contributed by atoms with Crippen LogP contribution in [0.3, 0.4) is 0 Å². The number of amides is 1. The lowest BCUT2D eigenvalue weighted by Crippen LogP contribution is -2.43. The van der Waals surface area contributed by atoms with E-state index in [2.05, 4.69) is 4.90 Å². The maximum absolute atomic E-state index is 13.4. The third-order valence-electron chi connectivity index (χ3n) is 5.14. The van der Waals surface area contributed by atoms with Crippen molar-refractivity contribution in [2.75, 3.05) is 57.7 Å². The highest BCUT2D eigenvalue weighted by Crippen LogP contribution is 2.32. The zero-order valence-corrected chi connectivity index (χ0v) is 20.0. The molecule has 0 saturated carbocycles. The summed E-state index contributed by atoms with van der Waals surface area (Å²) < 4.78 is 11.8. The van der Waals surface area contributed by atoms with Crippen LogP contribution in [0, 0.1) is 0 Å². The minimum atomic E-state index is -0.0260. The molecule has 1 aliphatic rings.